The first-order valence-corrected chi connectivity index (χ1v) is 21.3. The van der Waals surface area contributed by atoms with E-state index in [1.807, 2.05) is 54.6 Å². The molecule has 1 atom stereocenters. The van der Waals surface area contributed by atoms with Gasteiger partial charge in [0.1, 0.15) is 5.69 Å². The van der Waals surface area contributed by atoms with E-state index in [4.69, 9.17) is 17.3 Å². The topological polar surface area (TPSA) is 151 Å². The van der Waals surface area contributed by atoms with Crippen molar-refractivity contribution >= 4 is 56.4 Å². The summed E-state index contributed by atoms with van der Waals surface area (Å²) in [6.07, 6.45) is 2.37. The standard InChI is InChI=1S/C42H45ClN6O5S2/c43-35-17-13-33(14-18-35)32-11-9-31(10-12-32)29-47-24-26-48(27-25-47)37-19-15-34(16-20-37)42(50)46-56(53,54)39-21-22-40(41(28-39)49(51)52)45-36(6-4-5-23-44)30-55-38-7-2-1-3-8-38/h1-3,7-22,28,36,45H,4-6,23-27,29-30,44H2,(H,46,50)/t36-/m1/s1. The Morgan fingerprint density at radius 1 is 0.857 bits per heavy atom. The van der Waals surface area contributed by atoms with Crippen molar-refractivity contribution in [3.05, 3.63) is 148 Å². The SMILES string of the molecule is NCCCC[C@H](CSc1ccccc1)Nc1ccc(S(=O)(=O)NC(=O)c2ccc(N3CCN(Cc4ccc(-c5ccc(Cl)cc5)cc4)CC3)cc2)cc1[N+](=O)[O-]. The summed E-state index contributed by atoms with van der Waals surface area (Å²) < 4.78 is 28.7. The molecule has 1 saturated heterocycles. The van der Waals surface area contributed by atoms with Gasteiger partial charge in [-0.05, 0) is 96.7 Å². The predicted molar refractivity (Wildman–Crippen MR) is 226 cm³/mol. The first-order chi connectivity index (χ1) is 27.1. The third-order valence-electron chi connectivity index (χ3n) is 9.67. The summed E-state index contributed by atoms with van der Waals surface area (Å²) in [7, 11) is -4.42. The third kappa shape index (κ3) is 11.1. The molecule has 14 heteroatoms. The fourth-order valence-electron chi connectivity index (χ4n) is 6.55. The molecule has 5 aromatic carbocycles. The number of piperazine rings is 1. The number of benzene rings is 5. The molecular weight excluding hydrogens is 768 g/mol. The highest BCUT2D eigenvalue weighted by atomic mass is 35.5. The van der Waals surface area contributed by atoms with E-state index in [9.17, 15) is 23.3 Å². The largest absolute Gasteiger partial charge is 0.376 e. The van der Waals surface area contributed by atoms with Gasteiger partial charge in [-0.25, -0.2) is 13.1 Å². The Balaban J connectivity index is 1.03. The maximum atomic E-state index is 13.3. The molecule has 0 unspecified atom stereocenters. The summed E-state index contributed by atoms with van der Waals surface area (Å²) in [5, 5.41) is 16.1. The molecule has 0 aliphatic carbocycles. The van der Waals surface area contributed by atoms with E-state index in [0.717, 1.165) is 79.8 Å². The minimum Gasteiger partial charge on any atom is -0.376 e. The number of nitro groups is 1. The number of halogens is 1. The molecule has 0 saturated carbocycles. The molecule has 1 fully saturated rings. The molecule has 4 N–H and O–H groups in total. The molecule has 1 heterocycles. The van der Waals surface area contributed by atoms with Crippen LogP contribution >= 0.6 is 23.4 Å². The van der Waals surface area contributed by atoms with Crippen LogP contribution in [-0.4, -0.2) is 68.7 Å². The lowest BCUT2D eigenvalue weighted by molar-refractivity contribution is -0.384. The molecule has 0 spiro atoms. The van der Waals surface area contributed by atoms with Gasteiger partial charge in [0.2, 0.25) is 0 Å². The van der Waals surface area contributed by atoms with Gasteiger partial charge in [0.15, 0.2) is 0 Å². The van der Waals surface area contributed by atoms with Gasteiger partial charge in [-0.15, -0.1) is 11.8 Å². The number of rotatable bonds is 17. The molecule has 0 aromatic heterocycles. The molecule has 56 heavy (non-hydrogen) atoms. The fourth-order valence-corrected chi connectivity index (χ4v) is 8.66. The van der Waals surface area contributed by atoms with Crippen LogP contribution in [0.2, 0.25) is 5.02 Å². The first kappa shape index (κ1) is 40.7. The maximum absolute atomic E-state index is 13.3. The zero-order valence-electron chi connectivity index (χ0n) is 30.9. The minimum atomic E-state index is -4.42. The second-order valence-electron chi connectivity index (χ2n) is 13.6. The van der Waals surface area contributed by atoms with Crippen LogP contribution in [0.1, 0.15) is 35.2 Å². The van der Waals surface area contributed by atoms with E-state index in [2.05, 4.69) is 44.1 Å². The first-order valence-electron chi connectivity index (χ1n) is 18.5. The van der Waals surface area contributed by atoms with Gasteiger partial charge in [-0.2, -0.15) is 0 Å². The fraction of sp³-hybridized carbons (Fsp3) is 0.262. The Hall–Kier alpha value is -4.92. The lowest BCUT2D eigenvalue weighted by atomic mass is 10.0. The number of hydrogen-bond donors (Lipinski definition) is 3. The van der Waals surface area contributed by atoms with Gasteiger partial charge in [0, 0.05) is 71.8 Å². The Kier molecular flexibility index (Phi) is 14.0. The number of carbonyl (C=O) groups is 1. The number of thioether (sulfide) groups is 1. The Morgan fingerprint density at radius 2 is 1.52 bits per heavy atom. The summed E-state index contributed by atoms with van der Waals surface area (Å²) in [5.74, 6) is -0.190. The van der Waals surface area contributed by atoms with Gasteiger partial charge in [0.05, 0.1) is 9.82 Å². The maximum Gasteiger partial charge on any atom is 0.293 e. The number of carbonyl (C=O) groups excluding carboxylic acids is 1. The Bertz CT molecular complexity index is 2180. The molecule has 1 aliphatic heterocycles. The van der Waals surface area contributed by atoms with Gasteiger partial charge in [-0.3, -0.25) is 19.8 Å². The minimum absolute atomic E-state index is 0.135. The molecule has 11 nitrogen and oxygen atoms in total. The summed E-state index contributed by atoms with van der Waals surface area (Å²) in [5.41, 5.74) is 10.1. The number of unbranched alkanes of at least 4 members (excludes halogenated alkanes) is 1. The zero-order chi connectivity index (χ0) is 39.5. The van der Waals surface area contributed by atoms with Crippen LogP contribution in [0.25, 0.3) is 11.1 Å². The highest BCUT2D eigenvalue weighted by molar-refractivity contribution is 7.99. The van der Waals surface area contributed by atoms with Crippen molar-refractivity contribution < 1.29 is 18.1 Å². The van der Waals surface area contributed by atoms with E-state index in [1.54, 1.807) is 36.0 Å². The van der Waals surface area contributed by atoms with Crippen LogP contribution in [0.4, 0.5) is 17.1 Å². The van der Waals surface area contributed by atoms with E-state index < -0.39 is 26.5 Å². The average Bonchev–Trinajstić information content (AvgIpc) is 3.21. The van der Waals surface area contributed by atoms with Crippen molar-refractivity contribution in [1.29, 1.82) is 0 Å². The van der Waals surface area contributed by atoms with E-state index in [-0.39, 0.29) is 22.2 Å². The normalized spacial score (nSPS) is 13.9. The van der Waals surface area contributed by atoms with Gasteiger partial charge in [0.25, 0.3) is 21.6 Å². The van der Waals surface area contributed by atoms with Crippen LogP contribution in [0.3, 0.4) is 0 Å². The van der Waals surface area contributed by atoms with Crippen molar-refractivity contribution in [2.75, 3.05) is 48.7 Å². The number of amides is 1. The smallest absolute Gasteiger partial charge is 0.293 e. The van der Waals surface area contributed by atoms with E-state index in [0.29, 0.717) is 17.3 Å². The van der Waals surface area contributed by atoms with Gasteiger partial charge < -0.3 is 16.0 Å². The van der Waals surface area contributed by atoms with Crippen molar-refractivity contribution in [2.24, 2.45) is 5.73 Å². The van der Waals surface area contributed by atoms with E-state index in [1.165, 1.54) is 17.7 Å². The van der Waals surface area contributed by atoms with Gasteiger partial charge in [-0.1, -0.05) is 72.6 Å². The lowest BCUT2D eigenvalue weighted by Crippen LogP contribution is -2.46. The quantitative estimate of drug-likeness (QED) is 0.0364. The Morgan fingerprint density at radius 3 is 2.16 bits per heavy atom. The summed E-state index contributed by atoms with van der Waals surface area (Å²) in [4.78, 5) is 30.0. The monoisotopic (exact) mass is 812 g/mol. The van der Waals surface area contributed by atoms with Crippen LogP contribution < -0.4 is 20.7 Å². The number of anilines is 2. The second kappa shape index (κ2) is 19.3. The highest BCUT2D eigenvalue weighted by Crippen LogP contribution is 2.31. The Labute approximate surface area is 337 Å². The van der Waals surface area contributed by atoms with Crippen LogP contribution in [0.5, 0.6) is 0 Å². The third-order valence-corrected chi connectivity index (χ3v) is 12.4. The molecule has 5 aromatic rings. The number of nitro benzene ring substituents is 1. The van der Waals surface area contributed by atoms with Gasteiger partial charge >= 0.3 is 0 Å². The van der Waals surface area contributed by atoms with Crippen LogP contribution in [0.15, 0.2) is 131 Å². The average molecular weight is 813 g/mol. The number of nitrogens with zero attached hydrogens (tertiary/aromatic N) is 3. The molecule has 292 valence electrons. The summed E-state index contributed by atoms with van der Waals surface area (Å²) in [6, 6.07) is 36.5. The molecule has 0 bridgehead atoms. The van der Waals surface area contributed by atoms with Crippen molar-refractivity contribution in [3.63, 3.8) is 0 Å². The van der Waals surface area contributed by atoms with Crippen LogP contribution in [-0.2, 0) is 16.6 Å². The van der Waals surface area contributed by atoms with Crippen molar-refractivity contribution in [1.82, 2.24) is 9.62 Å². The molecule has 1 amide bonds. The molecular formula is C42H45ClN6O5S2. The number of sulfonamides is 1. The van der Waals surface area contributed by atoms with E-state index >= 15 is 0 Å². The lowest BCUT2D eigenvalue weighted by Gasteiger charge is -2.36. The second-order valence-corrected chi connectivity index (χ2v) is 16.8. The number of nitrogens with two attached hydrogens (primary N) is 1. The van der Waals surface area contributed by atoms with Crippen LogP contribution in [0, 0.1) is 10.1 Å². The molecule has 6 rings (SSSR count). The highest BCUT2D eigenvalue weighted by Gasteiger charge is 2.25. The number of nitrogens with one attached hydrogen (secondary N) is 2. The number of hydrogen-bond acceptors (Lipinski definition) is 10. The predicted octanol–water partition coefficient (Wildman–Crippen LogP) is 8.06. The molecule has 0 radical (unpaired) electrons. The zero-order valence-corrected chi connectivity index (χ0v) is 33.2. The molecule has 1 aliphatic rings. The summed E-state index contributed by atoms with van der Waals surface area (Å²) in [6.45, 7) is 4.71. The summed E-state index contributed by atoms with van der Waals surface area (Å²) >= 11 is 7.66. The van der Waals surface area contributed by atoms with Crippen molar-refractivity contribution in [2.45, 2.75) is 41.6 Å². The van der Waals surface area contributed by atoms with Crippen molar-refractivity contribution in [3.8, 4) is 11.1 Å².